The summed E-state index contributed by atoms with van der Waals surface area (Å²) in [6, 6.07) is 3.41. The summed E-state index contributed by atoms with van der Waals surface area (Å²) >= 11 is 0. The van der Waals surface area contributed by atoms with Gasteiger partial charge in [0.1, 0.15) is 5.54 Å². The summed E-state index contributed by atoms with van der Waals surface area (Å²) in [5.41, 5.74) is -1.46. The molecule has 0 radical (unpaired) electrons. The molecule has 4 rings (SSSR count). The first-order valence-corrected chi connectivity index (χ1v) is 9.22. The molecular weight excluding hydrogens is 334 g/mol. The van der Waals surface area contributed by atoms with Crippen LogP contribution < -0.4 is 0 Å². The van der Waals surface area contributed by atoms with Gasteiger partial charge in [0.2, 0.25) is 10.0 Å². The number of hydrogen-bond donors (Lipinski definition) is 0. The molecule has 0 fully saturated rings. The molecule has 1 atom stereocenters. The predicted molar refractivity (Wildman–Crippen MR) is 96.6 cm³/mol. The summed E-state index contributed by atoms with van der Waals surface area (Å²) in [6.07, 6.45) is 0. The van der Waals surface area contributed by atoms with Gasteiger partial charge in [-0.25, -0.2) is 8.42 Å². The van der Waals surface area contributed by atoms with Crippen molar-refractivity contribution in [2.45, 2.75) is 30.8 Å². The van der Waals surface area contributed by atoms with Crippen LogP contribution in [0.1, 0.15) is 33.2 Å². The lowest BCUT2D eigenvalue weighted by molar-refractivity contribution is 0.0324. The molecule has 0 amide bonds. The number of hydrogen-bond acceptors (Lipinski definition) is 3. The summed E-state index contributed by atoms with van der Waals surface area (Å²) < 4.78 is 91.9. The number of fused-ring (bicyclic) bond motifs is 2. The second-order valence-electron chi connectivity index (χ2n) is 6.23. The second kappa shape index (κ2) is 5.80. The maximum Gasteiger partial charge on any atom is 0.244 e. The number of ether oxygens (including phenoxy) is 1. The topological polar surface area (TPSA) is 46.6 Å². The molecule has 0 aromatic heterocycles. The molecule has 25 heavy (non-hydrogen) atoms. The smallest absolute Gasteiger partial charge is 0.244 e. The zero-order chi connectivity index (χ0) is 23.8. The summed E-state index contributed by atoms with van der Waals surface area (Å²) in [4.78, 5) is -0.0408. The van der Waals surface area contributed by atoms with Crippen LogP contribution in [0.15, 0.2) is 65.0 Å². The third-order valence-electron chi connectivity index (χ3n) is 4.39. The number of nitrogens with zero attached hydrogens (tertiary/aromatic N) is 1. The van der Waals surface area contributed by atoms with Gasteiger partial charge in [0, 0.05) is 6.54 Å². The first-order chi connectivity index (χ1) is 14.8. The highest BCUT2D eigenvalue weighted by molar-refractivity contribution is 7.89. The Labute approximate surface area is 158 Å². The molecule has 0 saturated carbocycles. The Bertz CT molecular complexity index is 1280. The van der Waals surface area contributed by atoms with E-state index in [1.165, 1.54) is 12.1 Å². The lowest BCUT2D eigenvalue weighted by Gasteiger charge is -2.41. The minimum Gasteiger partial charge on any atom is -0.374 e. The molecular formula is C20H21NO3S. The minimum absolute atomic E-state index is 0.0408. The zero-order valence-electron chi connectivity index (χ0n) is 20.8. The number of sulfonamides is 1. The van der Waals surface area contributed by atoms with Gasteiger partial charge in [-0.2, -0.15) is 4.31 Å². The van der Waals surface area contributed by atoms with Crippen molar-refractivity contribution < 1.29 is 22.7 Å². The van der Waals surface area contributed by atoms with Crippen LogP contribution in [0, 0.1) is 6.92 Å². The number of aryl methyl sites for hydroxylation is 1. The third kappa shape index (κ3) is 2.54. The molecule has 5 heteroatoms. The Kier molecular flexibility index (Phi) is 2.38. The average molecular weight is 363 g/mol. The van der Waals surface area contributed by atoms with E-state index < -0.39 is 58.5 Å². The van der Waals surface area contributed by atoms with Gasteiger partial charge in [-0.3, -0.25) is 0 Å². The molecule has 2 aromatic rings. The first kappa shape index (κ1) is 10.3. The first-order valence-electron chi connectivity index (χ1n) is 11.3. The van der Waals surface area contributed by atoms with Crippen molar-refractivity contribution in [3.63, 3.8) is 0 Å². The Morgan fingerprint density at radius 3 is 2.68 bits per heavy atom. The van der Waals surface area contributed by atoms with Gasteiger partial charge in [-0.15, -0.1) is 0 Å². The highest BCUT2D eigenvalue weighted by Crippen LogP contribution is 2.44. The largest absolute Gasteiger partial charge is 0.374 e. The van der Waals surface area contributed by atoms with Crippen molar-refractivity contribution in [3.8, 4) is 0 Å². The number of benzene rings is 2. The molecule has 2 aliphatic heterocycles. The van der Waals surface area contributed by atoms with Crippen LogP contribution >= 0.6 is 0 Å². The molecule has 1 spiro atoms. The monoisotopic (exact) mass is 362 g/mol. The van der Waals surface area contributed by atoms with E-state index in [-0.39, 0.29) is 23.1 Å². The van der Waals surface area contributed by atoms with Crippen molar-refractivity contribution in [3.05, 3.63) is 76.8 Å². The van der Waals surface area contributed by atoms with Crippen molar-refractivity contribution in [2.24, 2.45) is 0 Å². The standard InChI is InChI=1S/C20H21NO3S/c1-15-7-9-18(10-8-15)25(22,23)21-12-16(2)11-20(21)14-24-13-17-5-3-4-6-19(17)20/h3-11H,12-14H2,1-2H3/i3D,4D,5D,6D,11D,13D2. The third-order valence-corrected chi connectivity index (χ3v) is 6.28. The maximum atomic E-state index is 13.7. The summed E-state index contributed by atoms with van der Waals surface area (Å²) in [6.45, 7) is 0.00135. The summed E-state index contributed by atoms with van der Waals surface area (Å²) in [5, 5.41) is 0. The van der Waals surface area contributed by atoms with Gasteiger partial charge in [-0.1, -0.05) is 53.5 Å². The van der Waals surface area contributed by atoms with E-state index in [9.17, 15) is 8.42 Å². The molecule has 0 N–H and O–H groups in total. The van der Waals surface area contributed by atoms with Crippen molar-refractivity contribution >= 4 is 10.0 Å². The molecule has 2 heterocycles. The molecule has 0 bridgehead atoms. The highest BCUT2D eigenvalue weighted by Gasteiger charge is 2.50. The van der Waals surface area contributed by atoms with E-state index in [1.807, 2.05) is 6.92 Å². The van der Waals surface area contributed by atoms with E-state index in [0.717, 1.165) is 9.87 Å². The van der Waals surface area contributed by atoms with E-state index in [2.05, 4.69) is 0 Å². The van der Waals surface area contributed by atoms with E-state index in [1.54, 1.807) is 19.1 Å². The molecule has 0 aliphatic carbocycles. The quantitative estimate of drug-likeness (QED) is 0.770. The van der Waals surface area contributed by atoms with Crippen LogP contribution in [0.5, 0.6) is 0 Å². The van der Waals surface area contributed by atoms with Crippen molar-refractivity contribution in [2.75, 3.05) is 13.2 Å². The number of rotatable bonds is 2. The average Bonchev–Trinajstić information content (AvgIpc) is 2.99. The van der Waals surface area contributed by atoms with Crippen molar-refractivity contribution in [1.82, 2.24) is 4.31 Å². The van der Waals surface area contributed by atoms with Crippen molar-refractivity contribution in [1.29, 1.82) is 0 Å². The van der Waals surface area contributed by atoms with Crippen LogP contribution in [0.3, 0.4) is 0 Å². The lowest BCUT2D eigenvalue weighted by Crippen LogP contribution is -2.50. The van der Waals surface area contributed by atoms with Gasteiger partial charge in [0.05, 0.1) is 27.7 Å². The van der Waals surface area contributed by atoms with Crippen LogP contribution in [-0.4, -0.2) is 25.9 Å². The summed E-state index contributed by atoms with van der Waals surface area (Å²) in [5.74, 6) is 0. The Morgan fingerprint density at radius 1 is 1.20 bits per heavy atom. The fraction of sp³-hybridized carbons (Fsp3) is 0.300. The zero-order valence-corrected chi connectivity index (χ0v) is 14.6. The van der Waals surface area contributed by atoms with Gasteiger partial charge in [0.15, 0.2) is 0 Å². The Balaban J connectivity index is 2.08. The van der Waals surface area contributed by atoms with Gasteiger partial charge in [-0.05, 0) is 37.1 Å². The molecule has 1 unspecified atom stereocenters. The molecule has 2 aromatic carbocycles. The molecule has 0 saturated heterocycles. The molecule has 2 aliphatic rings. The van der Waals surface area contributed by atoms with Crippen LogP contribution in [0.2, 0.25) is 0 Å². The fourth-order valence-electron chi connectivity index (χ4n) is 3.21. The SMILES string of the molecule is [2H]C1=C(C)CN(S(=O)(=O)c2ccc(C)cc2)C12COC([2H])([2H])c1c([2H])c([2H])c([2H])c([2H])c12. The fourth-order valence-corrected chi connectivity index (χ4v) is 4.91. The second-order valence-corrected chi connectivity index (χ2v) is 8.09. The lowest BCUT2D eigenvalue weighted by atomic mass is 9.86. The Morgan fingerprint density at radius 2 is 1.92 bits per heavy atom. The van der Waals surface area contributed by atoms with E-state index >= 15 is 0 Å². The summed E-state index contributed by atoms with van der Waals surface area (Å²) in [7, 11) is -4.25. The highest BCUT2D eigenvalue weighted by atomic mass is 32.2. The van der Waals surface area contributed by atoms with Gasteiger partial charge in [0.25, 0.3) is 0 Å². The maximum absolute atomic E-state index is 13.7. The van der Waals surface area contributed by atoms with Crippen LogP contribution in [0.25, 0.3) is 0 Å². The van der Waals surface area contributed by atoms with E-state index in [0.29, 0.717) is 5.57 Å². The predicted octanol–water partition coefficient (Wildman–Crippen LogP) is 3.37. The molecule has 130 valence electrons. The minimum atomic E-state index is -4.25. The van der Waals surface area contributed by atoms with Crippen LogP contribution in [0.4, 0.5) is 0 Å². The van der Waals surface area contributed by atoms with E-state index in [4.69, 9.17) is 14.3 Å². The van der Waals surface area contributed by atoms with Gasteiger partial charge >= 0.3 is 0 Å². The Hall–Kier alpha value is -1.95. The normalized spacial score (nSPS) is 29.9. The van der Waals surface area contributed by atoms with Gasteiger partial charge < -0.3 is 4.74 Å². The molecule has 4 nitrogen and oxygen atoms in total. The van der Waals surface area contributed by atoms with Crippen LogP contribution in [-0.2, 0) is 26.9 Å².